The van der Waals surface area contributed by atoms with E-state index in [2.05, 4.69) is 30.9 Å². The topological polar surface area (TPSA) is 94.0 Å². The van der Waals surface area contributed by atoms with E-state index in [0.29, 0.717) is 0 Å². The molecule has 0 saturated heterocycles. The summed E-state index contributed by atoms with van der Waals surface area (Å²) in [7, 11) is 2.84. The number of rotatable bonds is 4. The molecule has 0 fully saturated rings. The molecule has 0 aliphatic rings. The minimum Gasteiger partial charge on any atom is -0.404 e. The molecular formula is C11H10ClF3N6O2. The highest BCUT2D eigenvalue weighted by molar-refractivity contribution is 6.37. The predicted molar refractivity (Wildman–Crippen MR) is 74.4 cm³/mol. The standard InChI is InChI=1S/C11H10ClF3N6O2/c1-16-8-6(23-11(13,14)15)4-3-5(7(8)12)9(22)17-10-18-19-20-21(10)2/h3-4,16H,1-2H3,(H,17,18,20,22). The fourth-order valence-electron chi connectivity index (χ4n) is 1.68. The molecule has 0 unspecified atom stereocenters. The van der Waals surface area contributed by atoms with Crippen LogP contribution in [0.15, 0.2) is 12.1 Å². The number of aromatic nitrogens is 4. The van der Waals surface area contributed by atoms with E-state index in [9.17, 15) is 18.0 Å². The smallest absolute Gasteiger partial charge is 0.404 e. The van der Waals surface area contributed by atoms with Crippen molar-refractivity contribution in [2.45, 2.75) is 6.36 Å². The summed E-state index contributed by atoms with van der Waals surface area (Å²) >= 11 is 5.99. The Hall–Kier alpha value is -2.56. The molecule has 1 amide bonds. The number of nitrogens with one attached hydrogen (secondary N) is 2. The number of carbonyl (C=O) groups is 1. The Labute approximate surface area is 132 Å². The van der Waals surface area contributed by atoms with Crippen molar-refractivity contribution in [3.63, 3.8) is 0 Å². The van der Waals surface area contributed by atoms with Gasteiger partial charge in [0.25, 0.3) is 5.91 Å². The van der Waals surface area contributed by atoms with Crippen molar-refractivity contribution in [1.82, 2.24) is 20.2 Å². The van der Waals surface area contributed by atoms with Crippen molar-refractivity contribution in [2.24, 2.45) is 7.05 Å². The first-order chi connectivity index (χ1) is 10.7. The van der Waals surface area contributed by atoms with Gasteiger partial charge in [0.1, 0.15) is 0 Å². The van der Waals surface area contributed by atoms with Gasteiger partial charge >= 0.3 is 6.36 Å². The van der Waals surface area contributed by atoms with Crippen molar-refractivity contribution in [3.8, 4) is 5.75 Å². The maximum Gasteiger partial charge on any atom is 0.573 e. The van der Waals surface area contributed by atoms with E-state index in [-0.39, 0.29) is 22.2 Å². The number of ether oxygens (including phenoxy) is 1. The van der Waals surface area contributed by atoms with Crippen LogP contribution in [0.25, 0.3) is 0 Å². The van der Waals surface area contributed by atoms with E-state index >= 15 is 0 Å². The van der Waals surface area contributed by atoms with Gasteiger partial charge in [-0.3, -0.25) is 10.1 Å². The Morgan fingerprint density at radius 2 is 2.09 bits per heavy atom. The highest BCUT2D eigenvalue weighted by Gasteiger charge is 2.33. The van der Waals surface area contributed by atoms with Gasteiger partial charge < -0.3 is 10.1 Å². The summed E-state index contributed by atoms with van der Waals surface area (Å²) < 4.78 is 42.1. The quantitative estimate of drug-likeness (QED) is 0.876. The lowest BCUT2D eigenvalue weighted by Crippen LogP contribution is -2.19. The Kier molecular flexibility index (Phi) is 4.59. The third kappa shape index (κ3) is 3.80. The minimum atomic E-state index is -4.89. The molecule has 12 heteroatoms. The van der Waals surface area contributed by atoms with Crippen LogP contribution < -0.4 is 15.4 Å². The maximum atomic E-state index is 12.3. The van der Waals surface area contributed by atoms with Crippen LogP contribution in [0.2, 0.25) is 5.02 Å². The Morgan fingerprint density at radius 3 is 2.61 bits per heavy atom. The van der Waals surface area contributed by atoms with E-state index in [1.807, 2.05) is 0 Å². The summed E-state index contributed by atoms with van der Waals surface area (Å²) in [5, 5.41) is 15.0. The van der Waals surface area contributed by atoms with Crippen LogP contribution in [-0.2, 0) is 7.05 Å². The predicted octanol–water partition coefficient (Wildman–Crippen LogP) is 2.06. The molecule has 124 valence electrons. The number of carbonyl (C=O) groups excluding carboxylic acids is 1. The van der Waals surface area contributed by atoms with Crippen LogP contribution >= 0.6 is 11.6 Å². The minimum absolute atomic E-state index is 0.0488. The molecule has 0 saturated carbocycles. The fraction of sp³-hybridized carbons (Fsp3) is 0.273. The van der Waals surface area contributed by atoms with Crippen LogP contribution in [0.5, 0.6) is 5.75 Å². The van der Waals surface area contributed by atoms with Gasteiger partial charge in [-0.2, -0.15) is 0 Å². The Morgan fingerprint density at radius 1 is 1.39 bits per heavy atom. The van der Waals surface area contributed by atoms with E-state index in [1.54, 1.807) is 0 Å². The third-order valence-corrected chi connectivity index (χ3v) is 3.06. The highest BCUT2D eigenvalue weighted by Crippen LogP contribution is 2.37. The number of nitrogens with zero attached hydrogens (tertiary/aromatic N) is 4. The first kappa shape index (κ1) is 16.8. The van der Waals surface area contributed by atoms with E-state index in [4.69, 9.17) is 11.6 Å². The zero-order chi connectivity index (χ0) is 17.2. The first-order valence-corrected chi connectivity index (χ1v) is 6.40. The van der Waals surface area contributed by atoms with Crippen LogP contribution in [0, 0.1) is 0 Å². The van der Waals surface area contributed by atoms with Crippen molar-refractivity contribution in [1.29, 1.82) is 0 Å². The molecule has 0 atom stereocenters. The molecule has 0 radical (unpaired) electrons. The average Bonchev–Trinajstić information content (AvgIpc) is 2.83. The zero-order valence-electron chi connectivity index (χ0n) is 11.8. The van der Waals surface area contributed by atoms with Crippen LogP contribution in [0.1, 0.15) is 10.4 Å². The fourth-order valence-corrected chi connectivity index (χ4v) is 2.02. The summed E-state index contributed by atoms with van der Waals surface area (Å²) in [6.45, 7) is 0. The zero-order valence-corrected chi connectivity index (χ0v) is 12.5. The van der Waals surface area contributed by atoms with Crippen molar-refractivity contribution in [3.05, 3.63) is 22.7 Å². The molecular weight excluding hydrogens is 341 g/mol. The number of halogens is 4. The molecule has 8 nitrogen and oxygen atoms in total. The molecule has 2 rings (SSSR count). The number of hydrogen-bond donors (Lipinski definition) is 2. The van der Waals surface area contributed by atoms with Gasteiger partial charge in [0.15, 0.2) is 5.75 Å². The third-order valence-electron chi connectivity index (χ3n) is 2.67. The SMILES string of the molecule is CNc1c(OC(F)(F)F)ccc(C(=O)Nc2nnnn2C)c1Cl. The summed E-state index contributed by atoms with van der Waals surface area (Å²) in [6.07, 6.45) is -4.89. The number of aryl methyl sites for hydroxylation is 1. The Bertz CT molecular complexity index is 733. The summed E-state index contributed by atoms with van der Waals surface area (Å²) in [5.41, 5.74) is -0.249. The molecule has 2 N–H and O–H groups in total. The lowest BCUT2D eigenvalue weighted by Gasteiger charge is -2.16. The first-order valence-electron chi connectivity index (χ1n) is 6.02. The van der Waals surface area contributed by atoms with Crippen LogP contribution in [0.3, 0.4) is 0 Å². The molecule has 1 aromatic heterocycles. The van der Waals surface area contributed by atoms with Crippen LogP contribution in [-0.4, -0.2) is 39.5 Å². The van der Waals surface area contributed by atoms with Gasteiger partial charge in [0.2, 0.25) is 5.95 Å². The lowest BCUT2D eigenvalue weighted by atomic mass is 10.1. The largest absolute Gasteiger partial charge is 0.573 e. The van der Waals surface area contributed by atoms with E-state index < -0.39 is 18.0 Å². The number of alkyl halides is 3. The second-order valence-corrected chi connectivity index (χ2v) is 4.56. The second-order valence-electron chi connectivity index (χ2n) is 4.18. The average molecular weight is 351 g/mol. The number of amides is 1. The number of hydrogen-bond acceptors (Lipinski definition) is 6. The molecule has 1 heterocycles. The monoisotopic (exact) mass is 350 g/mol. The van der Waals surface area contributed by atoms with Crippen molar-refractivity contribution in [2.75, 3.05) is 17.7 Å². The lowest BCUT2D eigenvalue weighted by molar-refractivity contribution is -0.274. The van der Waals surface area contributed by atoms with Crippen molar-refractivity contribution >= 4 is 29.1 Å². The second kappa shape index (κ2) is 6.28. The van der Waals surface area contributed by atoms with Gasteiger partial charge in [-0.05, 0) is 22.6 Å². The number of anilines is 2. The van der Waals surface area contributed by atoms with Gasteiger partial charge in [0.05, 0.1) is 16.3 Å². The summed E-state index contributed by atoms with van der Waals surface area (Å²) in [6, 6.07) is 2.08. The number of benzene rings is 1. The molecule has 0 aliphatic heterocycles. The molecule has 1 aromatic carbocycles. The van der Waals surface area contributed by atoms with Crippen LogP contribution in [0.4, 0.5) is 24.8 Å². The summed E-state index contributed by atoms with van der Waals surface area (Å²) in [5.74, 6) is -1.20. The van der Waals surface area contributed by atoms with Gasteiger partial charge in [-0.15, -0.1) is 13.2 Å². The van der Waals surface area contributed by atoms with Gasteiger partial charge in [-0.1, -0.05) is 16.7 Å². The molecule has 0 spiro atoms. The highest BCUT2D eigenvalue weighted by atomic mass is 35.5. The Balaban J connectivity index is 2.33. The van der Waals surface area contributed by atoms with Gasteiger partial charge in [-0.25, -0.2) is 4.68 Å². The number of tetrazole rings is 1. The molecule has 0 aliphatic carbocycles. The van der Waals surface area contributed by atoms with Gasteiger partial charge in [0, 0.05) is 14.1 Å². The molecule has 23 heavy (non-hydrogen) atoms. The molecule has 2 aromatic rings. The maximum absolute atomic E-state index is 12.3. The van der Waals surface area contributed by atoms with E-state index in [0.717, 1.165) is 12.1 Å². The summed E-state index contributed by atoms with van der Waals surface area (Å²) in [4.78, 5) is 12.2. The molecule has 0 bridgehead atoms. The van der Waals surface area contributed by atoms with E-state index in [1.165, 1.54) is 18.8 Å². The van der Waals surface area contributed by atoms with Crippen molar-refractivity contribution < 1.29 is 22.7 Å². The normalized spacial score (nSPS) is 11.2.